The molecule has 0 spiro atoms. The third-order valence-electron chi connectivity index (χ3n) is 2.78. The molecule has 1 heterocycles. The minimum atomic E-state index is -0.0522. The highest BCUT2D eigenvalue weighted by Gasteiger charge is 2.53. The average Bonchev–Trinajstić information content (AvgIpc) is 2.79. The lowest BCUT2D eigenvalue weighted by Gasteiger charge is -2.08. The molecule has 1 rings (SSSR count). The summed E-state index contributed by atoms with van der Waals surface area (Å²) in [6.45, 7) is 4.96. The zero-order valence-corrected chi connectivity index (χ0v) is 7.92. The Bertz CT molecular complexity index is 145. The molecule has 0 radical (unpaired) electrons. The van der Waals surface area contributed by atoms with Crippen LogP contribution in [-0.2, 0) is 4.74 Å². The Morgan fingerprint density at radius 1 is 1.67 bits per heavy atom. The quantitative estimate of drug-likeness (QED) is 0.596. The summed E-state index contributed by atoms with van der Waals surface area (Å²) >= 11 is 0. The number of rotatable bonds is 5. The lowest BCUT2D eigenvalue weighted by Crippen LogP contribution is -2.26. The normalized spacial score (nSPS) is 36.5. The largest absolute Gasteiger partial charge is 0.396 e. The predicted octanol–water partition coefficient (Wildman–Crippen LogP) is 0.511. The van der Waals surface area contributed by atoms with Crippen LogP contribution in [0, 0.1) is 5.92 Å². The van der Waals surface area contributed by atoms with E-state index in [0.29, 0.717) is 12.5 Å². The zero-order chi connectivity index (χ0) is 9.19. The first-order valence-electron chi connectivity index (χ1n) is 4.67. The number of hydrogen-bond acceptors (Lipinski definition) is 3. The molecule has 3 heteroatoms. The third-order valence-corrected chi connectivity index (χ3v) is 2.78. The van der Waals surface area contributed by atoms with Crippen LogP contribution in [0.5, 0.6) is 0 Å². The molecule has 12 heavy (non-hydrogen) atoms. The fourth-order valence-electron chi connectivity index (χ4n) is 1.59. The zero-order valence-electron chi connectivity index (χ0n) is 7.92. The number of ether oxygens (including phenoxy) is 1. The molecule has 0 amide bonds. The van der Waals surface area contributed by atoms with Crippen LogP contribution in [0.25, 0.3) is 0 Å². The number of aliphatic hydroxyl groups is 1. The van der Waals surface area contributed by atoms with E-state index in [0.717, 1.165) is 12.8 Å². The standard InChI is InChI=1S/C9H19NO2/c1-3-9(6-10)8(12-9)4-7(2)5-11/h7-8,11H,3-6,10H2,1-2H3. The Morgan fingerprint density at radius 2 is 2.33 bits per heavy atom. The van der Waals surface area contributed by atoms with Gasteiger partial charge < -0.3 is 15.6 Å². The summed E-state index contributed by atoms with van der Waals surface area (Å²) in [4.78, 5) is 0. The van der Waals surface area contributed by atoms with Crippen molar-refractivity contribution < 1.29 is 9.84 Å². The summed E-state index contributed by atoms with van der Waals surface area (Å²) in [5.74, 6) is 0.329. The minimum absolute atomic E-state index is 0.0522. The first kappa shape index (κ1) is 9.96. The van der Waals surface area contributed by atoms with Gasteiger partial charge in [0.1, 0.15) is 5.60 Å². The van der Waals surface area contributed by atoms with E-state index >= 15 is 0 Å². The molecule has 3 atom stereocenters. The Balaban J connectivity index is 2.30. The molecule has 0 bridgehead atoms. The van der Waals surface area contributed by atoms with Crippen molar-refractivity contribution in [1.82, 2.24) is 0 Å². The summed E-state index contributed by atoms with van der Waals surface area (Å²) < 4.78 is 5.54. The van der Waals surface area contributed by atoms with Gasteiger partial charge in [-0.3, -0.25) is 0 Å². The lowest BCUT2D eigenvalue weighted by atomic mass is 9.95. The van der Waals surface area contributed by atoms with Crippen LogP contribution in [0.3, 0.4) is 0 Å². The van der Waals surface area contributed by atoms with Crippen molar-refractivity contribution in [3.05, 3.63) is 0 Å². The van der Waals surface area contributed by atoms with Crippen LogP contribution < -0.4 is 5.73 Å². The maximum Gasteiger partial charge on any atom is 0.107 e. The van der Waals surface area contributed by atoms with Crippen molar-refractivity contribution in [1.29, 1.82) is 0 Å². The van der Waals surface area contributed by atoms with E-state index in [1.54, 1.807) is 0 Å². The molecule has 1 saturated heterocycles. The van der Waals surface area contributed by atoms with Crippen LogP contribution in [0.2, 0.25) is 0 Å². The van der Waals surface area contributed by atoms with E-state index in [9.17, 15) is 0 Å². The molecule has 0 aromatic carbocycles. The van der Waals surface area contributed by atoms with Crippen molar-refractivity contribution >= 4 is 0 Å². The van der Waals surface area contributed by atoms with Gasteiger partial charge in [0, 0.05) is 13.2 Å². The van der Waals surface area contributed by atoms with Crippen molar-refractivity contribution in [2.45, 2.75) is 38.4 Å². The van der Waals surface area contributed by atoms with Gasteiger partial charge in [-0.1, -0.05) is 13.8 Å². The van der Waals surface area contributed by atoms with Gasteiger partial charge in [-0.25, -0.2) is 0 Å². The molecule has 3 unspecified atom stereocenters. The van der Waals surface area contributed by atoms with Crippen LogP contribution in [-0.4, -0.2) is 30.0 Å². The van der Waals surface area contributed by atoms with Crippen LogP contribution >= 0.6 is 0 Å². The van der Waals surface area contributed by atoms with E-state index in [2.05, 4.69) is 6.92 Å². The second-order valence-electron chi connectivity index (χ2n) is 3.75. The Hall–Kier alpha value is -0.120. The van der Waals surface area contributed by atoms with E-state index in [-0.39, 0.29) is 18.3 Å². The van der Waals surface area contributed by atoms with Crippen molar-refractivity contribution in [3.63, 3.8) is 0 Å². The molecular weight excluding hydrogens is 154 g/mol. The molecule has 3 nitrogen and oxygen atoms in total. The number of hydrogen-bond donors (Lipinski definition) is 2. The highest BCUT2D eigenvalue weighted by atomic mass is 16.6. The van der Waals surface area contributed by atoms with E-state index in [4.69, 9.17) is 15.6 Å². The molecular formula is C9H19NO2. The van der Waals surface area contributed by atoms with Gasteiger partial charge in [0.15, 0.2) is 0 Å². The molecule has 3 N–H and O–H groups in total. The highest BCUT2D eigenvalue weighted by molar-refractivity contribution is 5.02. The first-order valence-corrected chi connectivity index (χ1v) is 4.67. The minimum Gasteiger partial charge on any atom is -0.396 e. The number of aliphatic hydroxyl groups excluding tert-OH is 1. The maximum atomic E-state index is 8.84. The fourth-order valence-corrected chi connectivity index (χ4v) is 1.59. The molecule has 1 aliphatic heterocycles. The van der Waals surface area contributed by atoms with Gasteiger partial charge in [0.25, 0.3) is 0 Å². The van der Waals surface area contributed by atoms with Crippen LogP contribution in [0.4, 0.5) is 0 Å². The highest BCUT2D eigenvalue weighted by Crippen LogP contribution is 2.42. The summed E-state index contributed by atoms with van der Waals surface area (Å²) in [6.07, 6.45) is 2.20. The number of epoxide rings is 1. The topological polar surface area (TPSA) is 58.8 Å². The summed E-state index contributed by atoms with van der Waals surface area (Å²) in [6, 6.07) is 0. The average molecular weight is 173 g/mol. The van der Waals surface area contributed by atoms with Gasteiger partial charge >= 0.3 is 0 Å². The molecule has 0 aromatic rings. The SMILES string of the molecule is CCC1(CN)OC1CC(C)CO. The van der Waals surface area contributed by atoms with Gasteiger partial charge in [-0.2, -0.15) is 0 Å². The Labute approximate surface area is 73.9 Å². The molecule has 72 valence electrons. The summed E-state index contributed by atoms with van der Waals surface area (Å²) in [5.41, 5.74) is 5.55. The van der Waals surface area contributed by atoms with Crippen molar-refractivity contribution in [2.75, 3.05) is 13.2 Å². The van der Waals surface area contributed by atoms with Gasteiger partial charge in [-0.15, -0.1) is 0 Å². The first-order chi connectivity index (χ1) is 5.68. The van der Waals surface area contributed by atoms with Crippen molar-refractivity contribution in [2.24, 2.45) is 11.7 Å². The smallest absolute Gasteiger partial charge is 0.107 e. The Morgan fingerprint density at radius 3 is 2.67 bits per heavy atom. The van der Waals surface area contributed by atoms with Crippen LogP contribution in [0.1, 0.15) is 26.7 Å². The maximum absolute atomic E-state index is 8.84. The monoisotopic (exact) mass is 173 g/mol. The number of nitrogens with two attached hydrogens (primary N) is 1. The summed E-state index contributed by atoms with van der Waals surface area (Å²) in [5, 5.41) is 8.84. The molecule has 0 aromatic heterocycles. The van der Waals surface area contributed by atoms with Crippen molar-refractivity contribution in [3.8, 4) is 0 Å². The predicted molar refractivity (Wildman–Crippen MR) is 47.8 cm³/mol. The lowest BCUT2D eigenvalue weighted by molar-refractivity contribution is 0.216. The van der Waals surface area contributed by atoms with Gasteiger partial charge in [0.05, 0.1) is 6.10 Å². The third kappa shape index (κ3) is 1.79. The summed E-state index contributed by atoms with van der Waals surface area (Å²) in [7, 11) is 0. The second-order valence-corrected chi connectivity index (χ2v) is 3.75. The van der Waals surface area contributed by atoms with Crippen LogP contribution in [0.15, 0.2) is 0 Å². The molecule has 0 saturated carbocycles. The molecule has 0 aliphatic carbocycles. The van der Waals surface area contributed by atoms with Gasteiger partial charge in [-0.05, 0) is 18.8 Å². The molecule has 1 aliphatic rings. The molecule has 1 fully saturated rings. The fraction of sp³-hybridized carbons (Fsp3) is 1.00. The second kappa shape index (κ2) is 3.73. The van der Waals surface area contributed by atoms with Gasteiger partial charge in [0.2, 0.25) is 0 Å². The van der Waals surface area contributed by atoms with E-state index < -0.39 is 0 Å². The Kier molecular flexibility index (Phi) is 3.09. The van der Waals surface area contributed by atoms with E-state index in [1.807, 2.05) is 6.92 Å². The van der Waals surface area contributed by atoms with E-state index in [1.165, 1.54) is 0 Å².